The van der Waals surface area contributed by atoms with E-state index in [2.05, 4.69) is 12.1 Å². The molecule has 0 aromatic heterocycles. The number of methoxy groups -OCH3 is 1. The number of hydrogen-bond acceptors (Lipinski definition) is 3. The van der Waals surface area contributed by atoms with E-state index < -0.39 is 10.0 Å². The van der Waals surface area contributed by atoms with Crippen LogP contribution in [0.3, 0.4) is 0 Å². The van der Waals surface area contributed by atoms with Gasteiger partial charge in [0.15, 0.2) is 0 Å². The van der Waals surface area contributed by atoms with Gasteiger partial charge in [-0.25, -0.2) is 12.7 Å². The molecule has 22 heavy (non-hydrogen) atoms. The molecule has 0 aliphatic carbocycles. The fourth-order valence-corrected chi connectivity index (χ4v) is 4.68. The second-order valence-corrected chi connectivity index (χ2v) is 8.16. The number of sulfonamides is 1. The lowest BCUT2D eigenvalue weighted by Gasteiger charge is -2.32. The summed E-state index contributed by atoms with van der Waals surface area (Å²) in [5.74, 6) is 1.62. The molecule has 0 N–H and O–H groups in total. The molecule has 5 heteroatoms. The Kier molecular flexibility index (Phi) is 6.26. The molecule has 0 radical (unpaired) electrons. The van der Waals surface area contributed by atoms with Crippen LogP contribution >= 0.6 is 0 Å². The van der Waals surface area contributed by atoms with Gasteiger partial charge in [-0.05, 0) is 55.7 Å². The van der Waals surface area contributed by atoms with E-state index >= 15 is 0 Å². The highest BCUT2D eigenvalue weighted by atomic mass is 32.2. The van der Waals surface area contributed by atoms with Gasteiger partial charge in [0.1, 0.15) is 5.75 Å². The summed E-state index contributed by atoms with van der Waals surface area (Å²) < 4.78 is 31.2. The van der Waals surface area contributed by atoms with Gasteiger partial charge < -0.3 is 4.74 Å². The lowest BCUT2D eigenvalue weighted by molar-refractivity contribution is 0.256. The number of nitrogens with zero attached hydrogens (tertiary/aromatic N) is 1. The Morgan fingerprint density at radius 3 is 2.64 bits per heavy atom. The van der Waals surface area contributed by atoms with Gasteiger partial charge in [-0.3, -0.25) is 0 Å². The summed E-state index contributed by atoms with van der Waals surface area (Å²) in [6.07, 6.45) is 4.85. The largest absolute Gasteiger partial charge is 0.497 e. The molecule has 0 bridgehead atoms. The van der Waals surface area contributed by atoms with Crippen molar-refractivity contribution in [3.8, 4) is 5.75 Å². The van der Waals surface area contributed by atoms with E-state index in [9.17, 15) is 8.42 Å². The Morgan fingerprint density at radius 1 is 1.27 bits per heavy atom. The number of hydrogen-bond donors (Lipinski definition) is 0. The Labute approximate surface area is 134 Å². The van der Waals surface area contributed by atoms with Crippen molar-refractivity contribution in [3.63, 3.8) is 0 Å². The van der Waals surface area contributed by atoms with Crippen molar-refractivity contribution in [2.75, 3.05) is 26.0 Å². The van der Waals surface area contributed by atoms with Gasteiger partial charge >= 0.3 is 0 Å². The summed E-state index contributed by atoms with van der Waals surface area (Å²) in [7, 11) is -1.37. The minimum atomic E-state index is -3.04. The van der Waals surface area contributed by atoms with Crippen LogP contribution in [-0.4, -0.2) is 38.7 Å². The van der Waals surface area contributed by atoms with Crippen LogP contribution in [0.1, 0.15) is 38.2 Å². The molecule has 1 aliphatic rings. The van der Waals surface area contributed by atoms with E-state index in [1.807, 2.05) is 19.1 Å². The molecular weight excluding hydrogens is 298 g/mol. The zero-order valence-corrected chi connectivity index (χ0v) is 14.4. The number of rotatable bonds is 7. The number of ether oxygens (including phenoxy) is 1. The van der Waals surface area contributed by atoms with Gasteiger partial charge in [-0.2, -0.15) is 0 Å². The minimum Gasteiger partial charge on any atom is -0.497 e. The van der Waals surface area contributed by atoms with Crippen LogP contribution in [0, 0.1) is 5.92 Å². The van der Waals surface area contributed by atoms with Crippen LogP contribution < -0.4 is 4.74 Å². The van der Waals surface area contributed by atoms with Crippen molar-refractivity contribution in [1.82, 2.24) is 4.31 Å². The molecule has 1 aliphatic heterocycles. The summed E-state index contributed by atoms with van der Waals surface area (Å²) in [5, 5.41) is 0. The minimum absolute atomic E-state index is 0.276. The van der Waals surface area contributed by atoms with Crippen molar-refractivity contribution >= 4 is 10.0 Å². The molecule has 4 nitrogen and oxygen atoms in total. The quantitative estimate of drug-likeness (QED) is 0.774. The molecule has 124 valence electrons. The van der Waals surface area contributed by atoms with Crippen LogP contribution in [0.5, 0.6) is 5.75 Å². The van der Waals surface area contributed by atoms with Crippen molar-refractivity contribution in [2.24, 2.45) is 5.92 Å². The molecule has 0 spiro atoms. The van der Waals surface area contributed by atoms with E-state index in [-0.39, 0.29) is 5.75 Å². The predicted molar refractivity (Wildman–Crippen MR) is 89.7 cm³/mol. The molecule has 1 aromatic carbocycles. The number of piperidine rings is 1. The average molecular weight is 325 g/mol. The van der Waals surface area contributed by atoms with E-state index in [1.54, 1.807) is 11.4 Å². The summed E-state index contributed by atoms with van der Waals surface area (Å²) in [6, 6.07) is 8.14. The number of benzene rings is 1. The monoisotopic (exact) mass is 325 g/mol. The Morgan fingerprint density at radius 2 is 2.00 bits per heavy atom. The Hall–Kier alpha value is -1.07. The van der Waals surface area contributed by atoms with Crippen molar-refractivity contribution in [2.45, 2.75) is 39.0 Å². The van der Waals surface area contributed by atoms with Gasteiger partial charge in [-0.15, -0.1) is 0 Å². The van der Waals surface area contributed by atoms with E-state index in [4.69, 9.17) is 4.74 Å². The maximum atomic E-state index is 12.2. The SMILES string of the molecule is CCCS(=O)(=O)N1CCCC(CCc2ccc(OC)cc2)C1. The van der Waals surface area contributed by atoms with E-state index in [1.165, 1.54) is 5.56 Å². The first-order valence-electron chi connectivity index (χ1n) is 8.16. The normalized spacial score (nSPS) is 20.0. The fourth-order valence-electron chi connectivity index (χ4n) is 3.07. The van der Waals surface area contributed by atoms with Gasteiger partial charge in [-0.1, -0.05) is 19.1 Å². The summed E-state index contributed by atoms with van der Waals surface area (Å²) in [6.45, 7) is 3.31. The molecule has 1 fully saturated rings. The third-order valence-corrected chi connectivity index (χ3v) is 6.38. The standard InChI is InChI=1S/C17H27NO3S/c1-3-13-22(19,20)18-12-4-5-16(14-18)7-6-15-8-10-17(21-2)11-9-15/h8-11,16H,3-7,12-14H2,1-2H3. The maximum absolute atomic E-state index is 12.2. The lowest BCUT2D eigenvalue weighted by atomic mass is 9.93. The van der Waals surface area contributed by atoms with Crippen LogP contribution in [0.2, 0.25) is 0 Å². The van der Waals surface area contributed by atoms with Gasteiger partial charge in [0.05, 0.1) is 12.9 Å². The maximum Gasteiger partial charge on any atom is 0.214 e. The summed E-state index contributed by atoms with van der Waals surface area (Å²) in [4.78, 5) is 0. The molecule has 1 unspecified atom stereocenters. The van der Waals surface area contributed by atoms with Crippen molar-refractivity contribution in [1.29, 1.82) is 0 Å². The first-order chi connectivity index (χ1) is 10.5. The van der Waals surface area contributed by atoms with Crippen molar-refractivity contribution < 1.29 is 13.2 Å². The summed E-state index contributed by atoms with van der Waals surface area (Å²) >= 11 is 0. The Balaban J connectivity index is 1.87. The highest BCUT2D eigenvalue weighted by Crippen LogP contribution is 2.24. The topological polar surface area (TPSA) is 46.6 Å². The molecule has 0 amide bonds. The highest BCUT2D eigenvalue weighted by molar-refractivity contribution is 7.89. The molecule has 2 rings (SSSR count). The van der Waals surface area contributed by atoms with Gasteiger partial charge in [0.25, 0.3) is 0 Å². The first kappa shape index (κ1) is 17.3. The van der Waals surface area contributed by atoms with E-state index in [0.717, 1.165) is 31.4 Å². The zero-order valence-electron chi connectivity index (χ0n) is 13.6. The van der Waals surface area contributed by atoms with Crippen LogP contribution in [0.4, 0.5) is 0 Å². The molecule has 1 saturated heterocycles. The van der Waals surface area contributed by atoms with Crippen LogP contribution in [-0.2, 0) is 16.4 Å². The number of aryl methyl sites for hydroxylation is 1. The zero-order chi connectivity index (χ0) is 16.0. The Bertz CT molecular complexity index is 554. The lowest BCUT2D eigenvalue weighted by Crippen LogP contribution is -2.41. The predicted octanol–water partition coefficient (Wildman–Crippen LogP) is 3.08. The van der Waals surface area contributed by atoms with Crippen LogP contribution in [0.25, 0.3) is 0 Å². The molecule has 0 saturated carbocycles. The van der Waals surface area contributed by atoms with Crippen molar-refractivity contribution in [3.05, 3.63) is 29.8 Å². The van der Waals surface area contributed by atoms with Gasteiger partial charge in [0, 0.05) is 13.1 Å². The molecular formula is C17H27NO3S. The molecule has 1 atom stereocenters. The smallest absolute Gasteiger partial charge is 0.214 e. The first-order valence-corrected chi connectivity index (χ1v) is 9.77. The van der Waals surface area contributed by atoms with Gasteiger partial charge in [0.2, 0.25) is 10.0 Å². The fraction of sp³-hybridized carbons (Fsp3) is 0.647. The van der Waals surface area contributed by atoms with E-state index in [0.29, 0.717) is 25.4 Å². The molecule has 1 heterocycles. The highest BCUT2D eigenvalue weighted by Gasteiger charge is 2.27. The second kappa shape index (κ2) is 7.97. The third kappa shape index (κ3) is 4.71. The second-order valence-electron chi connectivity index (χ2n) is 6.07. The third-order valence-electron chi connectivity index (χ3n) is 4.34. The van der Waals surface area contributed by atoms with Crippen LogP contribution in [0.15, 0.2) is 24.3 Å². The average Bonchev–Trinajstić information content (AvgIpc) is 2.54. The molecule has 1 aromatic rings. The summed E-state index contributed by atoms with van der Waals surface area (Å²) in [5.41, 5.74) is 1.29.